The van der Waals surface area contributed by atoms with Gasteiger partial charge in [-0.3, -0.25) is 0 Å². The molecule has 0 amide bonds. The van der Waals surface area contributed by atoms with E-state index < -0.39 is 6.85 Å². The Hall–Kier alpha value is -4.41. The van der Waals surface area contributed by atoms with Crippen LogP contribution in [0.2, 0.25) is 0 Å². The predicted octanol–water partition coefficient (Wildman–Crippen LogP) is 6.81. The van der Waals surface area contributed by atoms with E-state index in [1.165, 1.54) is 35.5 Å². The van der Waals surface area contributed by atoms with Crippen LogP contribution in [0.3, 0.4) is 0 Å². The quantitative estimate of drug-likeness (QED) is 0.203. The van der Waals surface area contributed by atoms with E-state index in [4.69, 9.17) is 14.6 Å². The predicted molar refractivity (Wildman–Crippen MR) is 137 cm³/mol. The van der Waals surface area contributed by atoms with Crippen LogP contribution in [0, 0.1) is 41.6 Å². The topological polar surface area (TPSA) is 73.4 Å². The van der Waals surface area contributed by atoms with Gasteiger partial charge in [0, 0.05) is 42.7 Å². The average molecular weight is 644 g/mol. The van der Waals surface area contributed by atoms with Crippen molar-refractivity contribution in [2.75, 3.05) is 0 Å². The molecule has 175 valence electrons. The van der Waals surface area contributed by atoms with E-state index in [0.29, 0.717) is 11.3 Å². The van der Waals surface area contributed by atoms with Crippen molar-refractivity contribution >= 4 is 0 Å². The number of benzene rings is 3. The largest absolute Gasteiger partial charge is 0.305 e. The summed E-state index contributed by atoms with van der Waals surface area (Å²) in [5.74, 6) is 0. The first kappa shape index (κ1) is 22.1. The van der Waals surface area contributed by atoms with Gasteiger partial charge >= 0.3 is 0 Å². The maximum atomic E-state index is 8.96. The first-order valence-corrected chi connectivity index (χ1v) is 10.7. The number of pyridine rings is 2. The molecular weight excluding hydrogens is 621 g/mol. The molecule has 0 aliphatic rings. The number of aryl methyl sites for hydroxylation is 1. The van der Waals surface area contributed by atoms with Gasteiger partial charge in [-0.15, -0.1) is 59.7 Å². The number of hydrogen-bond donors (Lipinski definition) is 0. The minimum Gasteiger partial charge on any atom is -0.305 e. The minimum atomic E-state index is -2.20. The second kappa shape index (κ2) is 12.9. The number of nitrogens with zero attached hydrogens (tertiary/aromatic N) is 4. The smallest absolute Gasteiger partial charge is 0.0802 e. The maximum Gasteiger partial charge on any atom is 0.0802 e. The molecule has 0 atom stereocenters. The molecule has 4 nitrogen and oxygen atoms in total. The number of nitriles is 2. The van der Waals surface area contributed by atoms with E-state index in [1.54, 1.807) is 6.07 Å². The molecule has 1 radical (unpaired) electrons. The van der Waals surface area contributed by atoms with Crippen molar-refractivity contribution < 1.29 is 24.2 Å². The van der Waals surface area contributed by atoms with E-state index >= 15 is 0 Å². The van der Waals surface area contributed by atoms with Crippen LogP contribution in [0.1, 0.15) is 20.8 Å². The van der Waals surface area contributed by atoms with Gasteiger partial charge in [0.2, 0.25) is 0 Å². The van der Waals surface area contributed by atoms with Crippen molar-refractivity contribution in [3.63, 3.8) is 0 Å². The Kier molecular flexibility index (Phi) is 7.90. The van der Waals surface area contributed by atoms with Gasteiger partial charge in [-0.25, -0.2) is 5.26 Å². The molecule has 2 heterocycles. The number of rotatable bonds is 3. The molecule has 0 aliphatic carbocycles. The molecule has 3 aromatic carbocycles. The van der Waals surface area contributed by atoms with Gasteiger partial charge in [0.1, 0.15) is 0 Å². The molecule has 2 aromatic heterocycles. The number of aromatic nitrogens is 2. The first-order valence-electron chi connectivity index (χ1n) is 12.2. The molecule has 5 aromatic rings. The van der Waals surface area contributed by atoms with Crippen LogP contribution in [0.5, 0.6) is 0 Å². The fourth-order valence-corrected chi connectivity index (χ4v) is 3.32. The molecule has 0 N–H and O–H groups in total. The van der Waals surface area contributed by atoms with Crippen molar-refractivity contribution in [2.45, 2.75) is 6.85 Å². The zero-order valence-corrected chi connectivity index (χ0v) is 21.3. The van der Waals surface area contributed by atoms with Crippen LogP contribution in [-0.4, -0.2) is 9.97 Å². The minimum absolute atomic E-state index is 0. The Morgan fingerprint density at radius 3 is 2.22 bits per heavy atom. The maximum absolute atomic E-state index is 8.96. The van der Waals surface area contributed by atoms with Crippen LogP contribution in [0.4, 0.5) is 0 Å². The molecule has 0 saturated heterocycles. The molecular formula is C31H20IrN4-2. The van der Waals surface area contributed by atoms with Crippen molar-refractivity contribution in [3.05, 3.63) is 132 Å². The monoisotopic (exact) mass is 644 g/mol. The third-order valence-electron chi connectivity index (χ3n) is 5.08. The van der Waals surface area contributed by atoms with E-state index in [9.17, 15) is 0 Å². The Bertz CT molecular complexity index is 1550. The second-order valence-electron chi connectivity index (χ2n) is 7.40. The summed E-state index contributed by atoms with van der Waals surface area (Å²) in [5, 5.41) is 17.8. The Balaban J connectivity index is 0.000000211. The van der Waals surface area contributed by atoms with Crippen LogP contribution < -0.4 is 0 Å². The van der Waals surface area contributed by atoms with E-state index in [0.717, 1.165) is 11.3 Å². The summed E-state index contributed by atoms with van der Waals surface area (Å²) < 4.78 is 21.8. The summed E-state index contributed by atoms with van der Waals surface area (Å²) in [6.45, 7) is -2.20. The molecule has 0 unspecified atom stereocenters. The van der Waals surface area contributed by atoms with Gasteiger partial charge in [0.15, 0.2) is 0 Å². The summed E-state index contributed by atoms with van der Waals surface area (Å²) in [6.07, 6.45) is 3.12. The zero-order chi connectivity index (χ0) is 27.0. The average Bonchev–Trinajstić information content (AvgIpc) is 2.98. The fourth-order valence-electron chi connectivity index (χ4n) is 3.32. The van der Waals surface area contributed by atoms with Crippen molar-refractivity contribution in [3.8, 4) is 45.8 Å². The van der Waals surface area contributed by atoms with Crippen LogP contribution in [0.15, 0.2) is 103 Å². The van der Waals surface area contributed by atoms with Crippen molar-refractivity contribution in [1.29, 1.82) is 10.5 Å². The van der Waals surface area contributed by atoms with Crippen LogP contribution in [0.25, 0.3) is 33.6 Å². The molecule has 5 rings (SSSR count). The normalized spacial score (nSPS) is 11.1. The van der Waals surface area contributed by atoms with E-state index in [2.05, 4.69) is 40.3 Å². The van der Waals surface area contributed by atoms with Crippen LogP contribution >= 0.6 is 0 Å². The van der Waals surface area contributed by atoms with Gasteiger partial charge in [0.25, 0.3) is 0 Å². The van der Waals surface area contributed by atoms with E-state index in [1.807, 2.05) is 66.9 Å². The Labute approximate surface area is 229 Å². The summed E-state index contributed by atoms with van der Waals surface area (Å²) in [6, 6.07) is 38.2. The Morgan fingerprint density at radius 2 is 1.56 bits per heavy atom. The van der Waals surface area contributed by atoms with Crippen molar-refractivity contribution in [2.24, 2.45) is 0 Å². The van der Waals surface area contributed by atoms with Gasteiger partial charge < -0.3 is 9.97 Å². The van der Waals surface area contributed by atoms with E-state index in [-0.39, 0.29) is 36.8 Å². The third kappa shape index (κ3) is 6.59. The molecule has 0 spiro atoms. The molecule has 0 fully saturated rings. The van der Waals surface area contributed by atoms with Crippen LogP contribution in [-0.2, 0) is 20.1 Å². The third-order valence-corrected chi connectivity index (χ3v) is 5.08. The molecule has 0 saturated carbocycles. The molecule has 5 heteroatoms. The fraction of sp³-hybridized carbons (Fsp3) is 0.0323. The first-order chi connectivity index (χ1) is 18.4. The second-order valence-corrected chi connectivity index (χ2v) is 7.40. The molecule has 0 bridgehead atoms. The van der Waals surface area contributed by atoms with Crippen molar-refractivity contribution in [1.82, 2.24) is 9.97 Å². The van der Waals surface area contributed by atoms with Gasteiger partial charge in [-0.1, -0.05) is 48.5 Å². The summed E-state index contributed by atoms with van der Waals surface area (Å²) in [4.78, 5) is 8.47. The van der Waals surface area contributed by atoms with Gasteiger partial charge in [-0.2, -0.15) is 5.26 Å². The summed E-state index contributed by atoms with van der Waals surface area (Å²) in [7, 11) is 0. The SMILES string of the molecule is [2H]C([2H])([2H])c1ccc(-c2[c-]cc(C#N)c(C#N)c2)nc1.[Ir].[c-]1ccccc1-c1cc(-c2ccccc2)ccn1. The Morgan fingerprint density at radius 1 is 0.750 bits per heavy atom. The van der Waals surface area contributed by atoms with Gasteiger partial charge in [-0.05, 0) is 52.1 Å². The summed E-state index contributed by atoms with van der Waals surface area (Å²) >= 11 is 0. The summed E-state index contributed by atoms with van der Waals surface area (Å²) in [5.41, 5.74) is 6.03. The molecule has 0 aliphatic heterocycles. The number of hydrogen-bond acceptors (Lipinski definition) is 4. The standard InChI is InChI=1S/C17H12N.C14H8N3.Ir/c1-3-7-14(8-4-1)16-11-12-18-17(13-16)15-9-5-2-6-10-15;1-10-2-5-14(17-9-10)11-3-4-12(7-15)13(6-11)8-16;/h1-9,11-13H;2,4-6,9H,1H3;/q2*-1;/i;1D3;. The van der Waals surface area contributed by atoms with Gasteiger partial charge in [0.05, 0.1) is 6.07 Å². The zero-order valence-electron chi connectivity index (χ0n) is 21.9. The molecule has 36 heavy (non-hydrogen) atoms.